The maximum atomic E-state index is 15.0. The molecule has 10 heteroatoms. The Labute approximate surface area is 232 Å². The predicted octanol–water partition coefficient (Wildman–Crippen LogP) is 4.54. The zero-order chi connectivity index (χ0) is 28.4. The molecule has 1 aliphatic carbocycles. The number of nitrogens with one attached hydrogen (secondary N) is 1. The molecule has 3 N–H and O–H groups in total. The third-order valence-corrected chi connectivity index (χ3v) is 7.67. The van der Waals surface area contributed by atoms with E-state index in [4.69, 9.17) is 10.5 Å². The second kappa shape index (κ2) is 11.8. The van der Waals surface area contributed by atoms with Gasteiger partial charge in [-0.05, 0) is 78.6 Å². The van der Waals surface area contributed by atoms with Crippen LogP contribution in [0.1, 0.15) is 62.0 Å². The highest BCUT2D eigenvalue weighted by molar-refractivity contribution is 5.73. The molecule has 8 nitrogen and oxygen atoms in total. The van der Waals surface area contributed by atoms with E-state index >= 15 is 8.78 Å². The molecule has 1 saturated carbocycles. The molecule has 0 saturated heterocycles. The van der Waals surface area contributed by atoms with Gasteiger partial charge in [-0.1, -0.05) is 6.92 Å². The highest BCUT2D eigenvalue weighted by Gasteiger charge is 2.35. The van der Waals surface area contributed by atoms with E-state index in [9.17, 15) is 4.79 Å². The number of imidazole rings is 1. The van der Waals surface area contributed by atoms with Gasteiger partial charge in [-0.25, -0.2) is 18.3 Å². The zero-order valence-electron chi connectivity index (χ0n) is 22.9. The summed E-state index contributed by atoms with van der Waals surface area (Å²) in [5, 5.41) is 7.59. The molecular weight excluding hydrogens is 514 g/mol. The van der Waals surface area contributed by atoms with Crippen molar-refractivity contribution >= 4 is 11.4 Å². The van der Waals surface area contributed by atoms with Crippen molar-refractivity contribution < 1.29 is 18.3 Å². The molecule has 3 heterocycles. The Morgan fingerprint density at radius 3 is 2.65 bits per heavy atom. The molecule has 0 aliphatic heterocycles. The van der Waals surface area contributed by atoms with Crippen LogP contribution in [0.25, 0.3) is 16.8 Å². The number of nitrogens with zero attached hydrogens (tertiary/aromatic N) is 4. The third-order valence-electron chi connectivity index (χ3n) is 7.67. The Hall–Kier alpha value is -3.76. The van der Waals surface area contributed by atoms with Gasteiger partial charge in [0.1, 0.15) is 17.5 Å². The molecule has 1 unspecified atom stereocenters. The second-order valence-electron chi connectivity index (χ2n) is 10.6. The number of carbonyl (C=O) groups is 1. The highest BCUT2D eigenvalue weighted by Crippen LogP contribution is 2.37. The van der Waals surface area contributed by atoms with Gasteiger partial charge in [0.2, 0.25) is 5.91 Å². The summed E-state index contributed by atoms with van der Waals surface area (Å²) >= 11 is 0. The second-order valence-corrected chi connectivity index (χ2v) is 10.6. The van der Waals surface area contributed by atoms with Gasteiger partial charge in [0.25, 0.3) is 0 Å². The van der Waals surface area contributed by atoms with Crippen molar-refractivity contribution in [1.29, 1.82) is 0 Å². The molecular formula is C30H34F2N6O2. The lowest BCUT2D eigenvalue weighted by atomic mass is 9.72. The number of fused-ring (bicyclic) bond motifs is 1. The van der Waals surface area contributed by atoms with Crippen molar-refractivity contribution in [3.05, 3.63) is 83.1 Å². The lowest BCUT2D eigenvalue weighted by Gasteiger charge is -2.39. The van der Waals surface area contributed by atoms with E-state index in [1.165, 1.54) is 19.1 Å². The number of nitrogens with two attached hydrogens (primary N) is 1. The average molecular weight is 549 g/mol. The van der Waals surface area contributed by atoms with Crippen LogP contribution in [0.5, 0.6) is 0 Å². The molecule has 1 aliphatic rings. The largest absolute Gasteiger partial charge is 0.377 e. The summed E-state index contributed by atoms with van der Waals surface area (Å²) in [5.74, 6) is -0.434. The summed E-state index contributed by atoms with van der Waals surface area (Å²) in [4.78, 5) is 20.6. The normalized spacial score (nSPS) is 21.1. The summed E-state index contributed by atoms with van der Waals surface area (Å²) in [5.41, 5.74) is 9.75. The molecule has 3 aromatic heterocycles. The van der Waals surface area contributed by atoms with Gasteiger partial charge < -0.3 is 15.8 Å². The molecule has 0 radical (unpaired) electrons. The lowest BCUT2D eigenvalue weighted by Crippen LogP contribution is -2.54. The van der Waals surface area contributed by atoms with Crippen LogP contribution >= 0.6 is 0 Å². The summed E-state index contributed by atoms with van der Waals surface area (Å²) in [7, 11) is 0. The number of hydrogen-bond acceptors (Lipinski definition) is 6. The standard InChI is InChI=1S/C30H34F2N6O2/c1-4-40-16-19-10-24(31)29(25(32)11-19)27-6-5-22-15-35-28(38(22)37-27)13-21-14-34-8-7-23(21)20-9-17(2)30(26(33)12-20)36-18(3)39/h5-8,10-11,14-15,17,20,26,30H,4,9,12-13,16,33H2,1-3H3,(H,36,39)/t17-,20?,26+,30-/m0/s1. The minimum absolute atomic E-state index is 0.0630. The first-order valence-corrected chi connectivity index (χ1v) is 13.6. The Morgan fingerprint density at radius 1 is 1.18 bits per heavy atom. The van der Waals surface area contributed by atoms with Crippen LogP contribution in [0.4, 0.5) is 8.78 Å². The van der Waals surface area contributed by atoms with E-state index in [-0.39, 0.29) is 47.7 Å². The van der Waals surface area contributed by atoms with Crippen molar-refractivity contribution in [3.63, 3.8) is 0 Å². The average Bonchev–Trinajstić information content (AvgIpc) is 3.31. The fourth-order valence-electron chi connectivity index (χ4n) is 5.84. The van der Waals surface area contributed by atoms with Crippen molar-refractivity contribution in [2.45, 2.75) is 64.6 Å². The summed E-state index contributed by atoms with van der Waals surface area (Å²) in [6.07, 6.45) is 7.33. The van der Waals surface area contributed by atoms with Gasteiger partial charge in [0.15, 0.2) is 0 Å². The molecule has 210 valence electrons. The molecule has 5 rings (SSSR count). The molecule has 40 heavy (non-hydrogen) atoms. The minimum atomic E-state index is -0.696. The van der Waals surface area contributed by atoms with Gasteiger partial charge in [-0.3, -0.25) is 9.78 Å². The van der Waals surface area contributed by atoms with Crippen LogP contribution in [-0.4, -0.2) is 44.2 Å². The molecule has 1 aromatic carbocycles. The number of carbonyl (C=O) groups excluding carboxylic acids is 1. The van der Waals surface area contributed by atoms with Crippen molar-refractivity contribution in [1.82, 2.24) is 24.9 Å². The number of rotatable bonds is 8. The smallest absolute Gasteiger partial charge is 0.217 e. The first-order chi connectivity index (χ1) is 19.2. The fourth-order valence-corrected chi connectivity index (χ4v) is 5.84. The summed E-state index contributed by atoms with van der Waals surface area (Å²) in [6, 6.07) is 7.69. The van der Waals surface area contributed by atoms with E-state index in [0.29, 0.717) is 29.9 Å². The number of amides is 1. The number of halogens is 2. The van der Waals surface area contributed by atoms with E-state index in [1.807, 2.05) is 19.2 Å². The third kappa shape index (κ3) is 5.73. The van der Waals surface area contributed by atoms with Crippen LogP contribution < -0.4 is 11.1 Å². The predicted molar refractivity (Wildman–Crippen MR) is 147 cm³/mol. The van der Waals surface area contributed by atoms with E-state index in [1.54, 1.807) is 29.0 Å². The quantitative estimate of drug-likeness (QED) is 0.335. The Balaban J connectivity index is 1.43. The SMILES string of the molecule is CCOCc1cc(F)c(-c2ccc3cnc(Cc4cnccc4C4C[C@@H](N)[C@@H](NC(C)=O)[C@@H](C)C4)n3n2)c(F)c1. The van der Waals surface area contributed by atoms with Gasteiger partial charge in [-0.2, -0.15) is 5.10 Å². The number of benzene rings is 1. The van der Waals surface area contributed by atoms with Crippen molar-refractivity contribution in [2.24, 2.45) is 11.7 Å². The number of ether oxygens (including phenoxy) is 1. The maximum Gasteiger partial charge on any atom is 0.217 e. The lowest BCUT2D eigenvalue weighted by molar-refractivity contribution is -0.120. The van der Waals surface area contributed by atoms with Gasteiger partial charge in [0, 0.05) is 44.4 Å². The van der Waals surface area contributed by atoms with Crippen LogP contribution in [0.3, 0.4) is 0 Å². The Morgan fingerprint density at radius 2 is 1.95 bits per heavy atom. The van der Waals surface area contributed by atoms with E-state index < -0.39 is 11.6 Å². The van der Waals surface area contributed by atoms with Crippen LogP contribution in [0.15, 0.2) is 48.9 Å². The van der Waals surface area contributed by atoms with Gasteiger partial charge in [0.05, 0.1) is 29.6 Å². The summed E-state index contributed by atoms with van der Waals surface area (Å²) in [6.45, 7) is 6.04. The van der Waals surface area contributed by atoms with Crippen LogP contribution in [0, 0.1) is 17.6 Å². The van der Waals surface area contributed by atoms with Gasteiger partial charge >= 0.3 is 0 Å². The van der Waals surface area contributed by atoms with Crippen LogP contribution in [-0.2, 0) is 22.6 Å². The highest BCUT2D eigenvalue weighted by atomic mass is 19.1. The zero-order valence-corrected chi connectivity index (χ0v) is 22.9. The van der Waals surface area contributed by atoms with E-state index in [0.717, 1.165) is 24.0 Å². The topological polar surface area (TPSA) is 107 Å². The van der Waals surface area contributed by atoms with Crippen molar-refractivity contribution in [3.8, 4) is 11.3 Å². The summed E-state index contributed by atoms with van der Waals surface area (Å²) < 4.78 is 36.9. The van der Waals surface area contributed by atoms with Crippen LogP contribution in [0.2, 0.25) is 0 Å². The maximum absolute atomic E-state index is 15.0. The molecule has 1 amide bonds. The van der Waals surface area contributed by atoms with E-state index in [2.05, 4.69) is 27.3 Å². The molecule has 1 fully saturated rings. The fraction of sp³-hybridized carbons (Fsp3) is 0.400. The number of aromatic nitrogens is 4. The molecule has 4 atom stereocenters. The number of pyridine rings is 1. The Kier molecular flexibility index (Phi) is 8.18. The monoisotopic (exact) mass is 548 g/mol. The first-order valence-electron chi connectivity index (χ1n) is 13.6. The number of hydrogen-bond donors (Lipinski definition) is 2. The first kappa shape index (κ1) is 27.8. The molecule has 0 bridgehead atoms. The Bertz CT molecular complexity index is 1490. The van der Waals surface area contributed by atoms with Crippen molar-refractivity contribution in [2.75, 3.05) is 6.61 Å². The molecule has 4 aromatic rings. The molecule has 0 spiro atoms. The minimum Gasteiger partial charge on any atom is -0.377 e. The van der Waals surface area contributed by atoms with Gasteiger partial charge in [-0.15, -0.1) is 0 Å².